The quantitative estimate of drug-likeness (QED) is 0.349. The second-order valence-corrected chi connectivity index (χ2v) is 8.24. The number of aromatic nitrogens is 2. The van der Waals surface area contributed by atoms with Crippen LogP contribution in [0.2, 0.25) is 0 Å². The molecule has 1 heterocycles. The lowest BCUT2D eigenvalue weighted by Gasteiger charge is -2.18. The zero-order chi connectivity index (χ0) is 25.7. The van der Waals surface area contributed by atoms with E-state index < -0.39 is 18.0 Å². The molecule has 1 aromatic heterocycles. The van der Waals surface area contributed by atoms with Gasteiger partial charge < -0.3 is 21.1 Å². The average Bonchev–Trinajstić information content (AvgIpc) is 3.07. The molecule has 3 amide bonds. The van der Waals surface area contributed by atoms with E-state index in [1.54, 1.807) is 42.9 Å². The van der Waals surface area contributed by atoms with Gasteiger partial charge in [0.15, 0.2) is 0 Å². The van der Waals surface area contributed by atoms with Crippen molar-refractivity contribution in [3.05, 3.63) is 107 Å². The molecule has 0 unspecified atom stereocenters. The molecule has 36 heavy (non-hydrogen) atoms. The first-order valence-electron chi connectivity index (χ1n) is 11.4. The molecule has 0 aliphatic carbocycles. The van der Waals surface area contributed by atoms with Gasteiger partial charge in [-0.2, -0.15) is 0 Å². The highest BCUT2D eigenvalue weighted by Gasteiger charge is 2.22. The summed E-state index contributed by atoms with van der Waals surface area (Å²) in [6.45, 7) is 1.75. The van der Waals surface area contributed by atoms with Crippen LogP contribution in [0.15, 0.2) is 89.7 Å². The fourth-order valence-corrected chi connectivity index (χ4v) is 3.93. The summed E-state index contributed by atoms with van der Waals surface area (Å²) < 4.78 is 9.03. The van der Waals surface area contributed by atoms with Crippen molar-refractivity contribution in [1.29, 1.82) is 0 Å². The molecule has 4 N–H and O–H groups in total. The minimum Gasteiger partial charge on any atom is -0.457 e. The van der Waals surface area contributed by atoms with E-state index in [0.717, 1.165) is 0 Å². The summed E-state index contributed by atoms with van der Waals surface area (Å²) in [4.78, 5) is 37.8. The monoisotopic (exact) mass is 485 g/mol. The predicted octanol–water partition coefficient (Wildman–Crippen LogP) is 4.01. The van der Waals surface area contributed by atoms with Crippen LogP contribution in [0.4, 0.5) is 10.5 Å². The molecule has 0 saturated carbocycles. The van der Waals surface area contributed by atoms with Gasteiger partial charge in [-0.15, -0.1) is 0 Å². The number of para-hydroxylation sites is 2. The minimum atomic E-state index is -0.774. The zero-order valence-electron chi connectivity index (χ0n) is 20.0. The Kier molecular flexibility index (Phi) is 7.20. The Balaban J connectivity index is 1.55. The van der Waals surface area contributed by atoms with Crippen LogP contribution in [-0.2, 0) is 11.8 Å². The Morgan fingerprint density at radius 2 is 1.58 bits per heavy atom. The molecule has 0 saturated heterocycles. The van der Waals surface area contributed by atoms with Crippen molar-refractivity contribution >= 4 is 17.6 Å². The van der Waals surface area contributed by atoms with Gasteiger partial charge in [-0.1, -0.05) is 48.5 Å². The van der Waals surface area contributed by atoms with Crippen LogP contribution >= 0.6 is 0 Å². The second-order valence-electron chi connectivity index (χ2n) is 8.24. The number of ether oxygens (including phenoxy) is 1. The molecule has 184 valence electrons. The first-order chi connectivity index (χ1) is 17.3. The van der Waals surface area contributed by atoms with Crippen LogP contribution in [0.1, 0.15) is 23.7 Å². The third-order valence-corrected chi connectivity index (χ3v) is 5.76. The van der Waals surface area contributed by atoms with E-state index >= 15 is 0 Å². The number of nitrogens with two attached hydrogens (primary N) is 1. The number of anilines is 1. The number of hydrogen-bond acceptors (Lipinski definition) is 4. The lowest BCUT2D eigenvalue weighted by atomic mass is 10.0. The van der Waals surface area contributed by atoms with Gasteiger partial charge in [0, 0.05) is 7.05 Å². The van der Waals surface area contributed by atoms with E-state index in [1.807, 2.05) is 60.7 Å². The van der Waals surface area contributed by atoms with Crippen molar-refractivity contribution in [1.82, 2.24) is 14.7 Å². The summed E-state index contributed by atoms with van der Waals surface area (Å²) >= 11 is 0. The maximum atomic E-state index is 13.1. The molecule has 0 fully saturated rings. The van der Waals surface area contributed by atoms with Crippen molar-refractivity contribution in [2.24, 2.45) is 12.8 Å². The van der Waals surface area contributed by atoms with Crippen LogP contribution in [0.25, 0.3) is 5.69 Å². The van der Waals surface area contributed by atoms with E-state index in [2.05, 4.69) is 10.6 Å². The topological polar surface area (TPSA) is 120 Å². The van der Waals surface area contributed by atoms with E-state index in [-0.39, 0.29) is 17.7 Å². The smallest absolute Gasteiger partial charge is 0.312 e. The Labute approximate surface area is 208 Å². The normalized spacial score (nSPS) is 11.5. The van der Waals surface area contributed by atoms with Crippen molar-refractivity contribution in [2.45, 2.75) is 19.4 Å². The van der Waals surface area contributed by atoms with Gasteiger partial charge in [0.25, 0.3) is 5.56 Å². The van der Waals surface area contributed by atoms with Crippen LogP contribution in [0.3, 0.4) is 0 Å². The Morgan fingerprint density at radius 3 is 2.25 bits per heavy atom. The van der Waals surface area contributed by atoms with Gasteiger partial charge in [0.2, 0.25) is 5.91 Å². The highest BCUT2D eigenvalue weighted by atomic mass is 16.5. The molecule has 0 radical (unpaired) electrons. The van der Waals surface area contributed by atoms with Gasteiger partial charge in [-0.3, -0.25) is 14.3 Å². The standard InChI is InChI=1S/C27H27N5O4/c1-18-25(26(34)32(31(18)2)20-11-5-3-6-12-20)30-24(33)17-23(29-27(28)35)19-10-9-15-22(16-19)36-21-13-7-4-8-14-21/h3-16,23H,17H2,1-2H3,(H,30,33)(H3,28,29,35)/t23-/m0/s1. The summed E-state index contributed by atoms with van der Waals surface area (Å²) in [6.07, 6.45) is -0.142. The SMILES string of the molecule is Cc1c(NC(=O)C[C@H](NC(N)=O)c2cccc(Oc3ccccc3)c2)c(=O)n(-c2ccccc2)n1C. The number of amides is 3. The number of rotatable bonds is 8. The minimum absolute atomic E-state index is 0.142. The Bertz CT molecular complexity index is 1430. The lowest BCUT2D eigenvalue weighted by Crippen LogP contribution is -2.35. The number of hydrogen-bond donors (Lipinski definition) is 3. The van der Waals surface area contributed by atoms with E-state index in [9.17, 15) is 14.4 Å². The fourth-order valence-electron chi connectivity index (χ4n) is 3.93. The van der Waals surface area contributed by atoms with E-state index in [0.29, 0.717) is 28.4 Å². The second kappa shape index (κ2) is 10.6. The number of nitrogens with one attached hydrogen (secondary N) is 2. The van der Waals surface area contributed by atoms with Crippen molar-refractivity contribution in [2.75, 3.05) is 5.32 Å². The number of benzene rings is 3. The van der Waals surface area contributed by atoms with Gasteiger partial charge in [-0.25, -0.2) is 9.48 Å². The van der Waals surface area contributed by atoms with Gasteiger partial charge in [0.1, 0.15) is 17.2 Å². The van der Waals surface area contributed by atoms with E-state index in [1.165, 1.54) is 4.68 Å². The predicted molar refractivity (Wildman–Crippen MR) is 137 cm³/mol. The highest BCUT2D eigenvalue weighted by Crippen LogP contribution is 2.26. The highest BCUT2D eigenvalue weighted by molar-refractivity contribution is 5.92. The molecular weight excluding hydrogens is 458 g/mol. The van der Waals surface area contributed by atoms with Crippen molar-refractivity contribution in [3.63, 3.8) is 0 Å². The molecule has 0 aliphatic heterocycles. The molecule has 0 spiro atoms. The maximum absolute atomic E-state index is 13.1. The van der Waals surface area contributed by atoms with Crippen LogP contribution in [0, 0.1) is 6.92 Å². The maximum Gasteiger partial charge on any atom is 0.312 e. The molecule has 0 aliphatic rings. The number of primary amides is 1. The van der Waals surface area contributed by atoms with Crippen molar-refractivity contribution < 1.29 is 14.3 Å². The Morgan fingerprint density at radius 1 is 0.944 bits per heavy atom. The summed E-state index contributed by atoms with van der Waals surface area (Å²) in [6, 6.07) is 23.9. The molecule has 1 atom stereocenters. The third-order valence-electron chi connectivity index (χ3n) is 5.76. The molecule has 3 aromatic carbocycles. The largest absolute Gasteiger partial charge is 0.457 e. The number of nitrogens with zero attached hydrogens (tertiary/aromatic N) is 2. The first kappa shape index (κ1) is 24.3. The molecule has 4 rings (SSSR count). The molecular formula is C27H27N5O4. The average molecular weight is 486 g/mol. The summed E-state index contributed by atoms with van der Waals surface area (Å²) in [5.41, 5.74) is 7.10. The number of carbonyl (C=O) groups excluding carboxylic acids is 2. The molecule has 9 heteroatoms. The van der Waals surface area contributed by atoms with Gasteiger partial charge in [0.05, 0.1) is 23.8 Å². The summed E-state index contributed by atoms with van der Waals surface area (Å²) in [5.74, 6) is 0.746. The molecule has 9 nitrogen and oxygen atoms in total. The third kappa shape index (κ3) is 5.47. The van der Waals surface area contributed by atoms with E-state index in [4.69, 9.17) is 10.5 Å². The summed E-state index contributed by atoms with van der Waals surface area (Å²) in [5, 5.41) is 5.33. The summed E-state index contributed by atoms with van der Waals surface area (Å²) in [7, 11) is 1.75. The molecule has 4 aromatic rings. The number of carbonyl (C=O) groups is 2. The van der Waals surface area contributed by atoms with Crippen LogP contribution in [-0.4, -0.2) is 21.3 Å². The fraction of sp³-hybridized carbons (Fsp3) is 0.148. The van der Waals surface area contributed by atoms with Gasteiger partial charge in [-0.05, 0) is 48.9 Å². The van der Waals surface area contributed by atoms with Crippen LogP contribution in [0.5, 0.6) is 11.5 Å². The lowest BCUT2D eigenvalue weighted by molar-refractivity contribution is -0.116. The molecule has 0 bridgehead atoms. The Hall–Kier alpha value is -4.79. The first-order valence-corrected chi connectivity index (χ1v) is 11.4. The van der Waals surface area contributed by atoms with Crippen molar-refractivity contribution in [3.8, 4) is 17.2 Å². The van der Waals surface area contributed by atoms with Crippen LogP contribution < -0.4 is 26.7 Å². The van der Waals surface area contributed by atoms with Gasteiger partial charge >= 0.3 is 6.03 Å². The zero-order valence-corrected chi connectivity index (χ0v) is 20.0. The number of urea groups is 1.